The molecule has 114 valence electrons. The van der Waals surface area contributed by atoms with Gasteiger partial charge in [0.1, 0.15) is 0 Å². The summed E-state index contributed by atoms with van der Waals surface area (Å²) in [7, 11) is 0. The number of fused-ring (bicyclic) bond motifs is 1. The van der Waals surface area contributed by atoms with Crippen LogP contribution in [0.25, 0.3) is 5.65 Å². The lowest BCUT2D eigenvalue weighted by Gasteiger charge is -2.19. The molecule has 1 amide bonds. The van der Waals surface area contributed by atoms with Crippen LogP contribution >= 0.6 is 0 Å². The number of pyridine rings is 1. The molecule has 21 heavy (non-hydrogen) atoms. The first-order valence-electron chi connectivity index (χ1n) is 6.97. The number of carbonyl (C=O) groups is 1. The minimum Gasteiger partial charge on any atom is -0.396 e. The molecule has 0 fully saturated rings. The number of hydrogen-bond donors (Lipinski definition) is 2. The molecule has 0 bridgehead atoms. The Morgan fingerprint density at radius 1 is 1.43 bits per heavy atom. The van der Waals surface area contributed by atoms with Crippen molar-refractivity contribution in [2.75, 3.05) is 6.61 Å². The molecule has 2 atom stereocenters. The van der Waals surface area contributed by atoms with Gasteiger partial charge in [0.15, 0.2) is 5.65 Å². The minimum atomic E-state index is -0.254. The van der Waals surface area contributed by atoms with Crippen LogP contribution in [0.15, 0.2) is 29.2 Å². The van der Waals surface area contributed by atoms with Gasteiger partial charge >= 0.3 is 5.69 Å². The van der Waals surface area contributed by atoms with Crippen molar-refractivity contribution in [1.29, 1.82) is 0 Å². The number of aliphatic hydroxyl groups excluding tert-OH is 1. The van der Waals surface area contributed by atoms with E-state index in [1.165, 1.54) is 9.08 Å². The van der Waals surface area contributed by atoms with Gasteiger partial charge in [-0.3, -0.25) is 9.20 Å². The van der Waals surface area contributed by atoms with E-state index < -0.39 is 0 Å². The maximum Gasteiger partial charge on any atom is 0.350 e. The Kier molecular flexibility index (Phi) is 4.74. The second-order valence-corrected chi connectivity index (χ2v) is 5.20. The first-order chi connectivity index (χ1) is 10.0. The summed E-state index contributed by atoms with van der Waals surface area (Å²) >= 11 is 0. The van der Waals surface area contributed by atoms with Crippen molar-refractivity contribution in [2.24, 2.45) is 5.92 Å². The van der Waals surface area contributed by atoms with Crippen LogP contribution in [-0.4, -0.2) is 37.8 Å². The van der Waals surface area contributed by atoms with Crippen LogP contribution in [0.1, 0.15) is 20.3 Å². The maximum absolute atomic E-state index is 12.0. The van der Waals surface area contributed by atoms with Gasteiger partial charge in [-0.2, -0.15) is 0 Å². The summed E-state index contributed by atoms with van der Waals surface area (Å²) in [5.74, 6) is -0.168. The normalized spacial score (nSPS) is 14.0. The third-order valence-electron chi connectivity index (χ3n) is 3.57. The molecule has 2 aromatic rings. The van der Waals surface area contributed by atoms with E-state index in [1.807, 2.05) is 13.8 Å². The highest BCUT2D eigenvalue weighted by atomic mass is 16.3. The average Bonchev–Trinajstić information content (AvgIpc) is 2.81. The van der Waals surface area contributed by atoms with Crippen molar-refractivity contribution >= 4 is 11.6 Å². The van der Waals surface area contributed by atoms with Gasteiger partial charge in [-0.1, -0.05) is 13.0 Å². The molecule has 2 N–H and O–H groups in total. The second-order valence-electron chi connectivity index (χ2n) is 5.20. The summed E-state index contributed by atoms with van der Waals surface area (Å²) in [6.07, 6.45) is 1.82. The lowest BCUT2D eigenvalue weighted by molar-refractivity contribution is -0.122. The fraction of sp³-hybridized carbons (Fsp3) is 0.500. The molecule has 0 aliphatic rings. The van der Waals surface area contributed by atoms with E-state index in [-0.39, 0.29) is 43.1 Å². The number of amides is 1. The van der Waals surface area contributed by atoms with Crippen molar-refractivity contribution in [2.45, 2.75) is 32.9 Å². The largest absolute Gasteiger partial charge is 0.396 e. The highest BCUT2D eigenvalue weighted by Crippen LogP contribution is 2.01. The molecule has 2 rings (SSSR count). The number of aromatic nitrogens is 3. The monoisotopic (exact) mass is 292 g/mol. The molecular weight excluding hydrogens is 272 g/mol. The summed E-state index contributed by atoms with van der Waals surface area (Å²) in [6.45, 7) is 3.95. The fourth-order valence-electron chi connectivity index (χ4n) is 1.95. The van der Waals surface area contributed by atoms with Crippen LogP contribution in [0.2, 0.25) is 0 Å². The molecule has 0 aromatic carbocycles. The standard InChI is InChI=1S/C14H20N4O3/c1-10(9-19)11(2)15-13(20)6-8-18-14(21)17-7-4-3-5-12(17)16-18/h3-5,7,10-11,19H,6,8-9H2,1-2H3,(H,15,20). The number of nitrogens with one attached hydrogen (secondary N) is 1. The van der Waals surface area contributed by atoms with Crippen LogP contribution in [0, 0.1) is 5.92 Å². The van der Waals surface area contributed by atoms with E-state index in [0.717, 1.165) is 0 Å². The number of carbonyl (C=O) groups excluding carboxylic acids is 1. The van der Waals surface area contributed by atoms with Crippen molar-refractivity contribution < 1.29 is 9.90 Å². The van der Waals surface area contributed by atoms with Crippen LogP contribution in [0.5, 0.6) is 0 Å². The Morgan fingerprint density at radius 2 is 2.19 bits per heavy atom. The van der Waals surface area contributed by atoms with Crippen LogP contribution in [-0.2, 0) is 11.3 Å². The van der Waals surface area contributed by atoms with Crippen molar-refractivity contribution in [1.82, 2.24) is 19.5 Å². The Bertz CT molecular complexity index is 676. The van der Waals surface area contributed by atoms with Crippen LogP contribution < -0.4 is 11.0 Å². The minimum absolute atomic E-state index is 0.00753. The van der Waals surface area contributed by atoms with E-state index in [2.05, 4.69) is 10.4 Å². The van der Waals surface area contributed by atoms with Gasteiger partial charge in [-0.15, -0.1) is 5.10 Å². The van der Waals surface area contributed by atoms with Crippen molar-refractivity contribution in [3.05, 3.63) is 34.9 Å². The highest BCUT2D eigenvalue weighted by Gasteiger charge is 2.14. The Labute approximate surface area is 122 Å². The van der Waals surface area contributed by atoms with Crippen molar-refractivity contribution in [3.8, 4) is 0 Å². The zero-order valence-electron chi connectivity index (χ0n) is 12.2. The summed E-state index contributed by atoms with van der Waals surface area (Å²) < 4.78 is 2.73. The SMILES string of the molecule is CC(CO)C(C)NC(=O)CCn1nc2ccccn2c1=O. The van der Waals surface area contributed by atoms with Gasteiger partial charge < -0.3 is 10.4 Å². The number of aryl methyl sites for hydroxylation is 1. The number of aliphatic hydroxyl groups is 1. The fourth-order valence-corrected chi connectivity index (χ4v) is 1.95. The van der Waals surface area contributed by atoms with Gasteiger partial charge in [-0.25, -0.2) is 9.48 Å². The lowest BCUT2D eigenvalue weighted by atomic mass is 10.1. The topological polar surface area (TPSA) is 88.6 Å². The van der Waals surface area contributed by atoms with E-state index in [4.69, 9.17) is 5.11 Å². The molecule has 7 nitrogen and oxygen atoms in total. The predicted molar refractivity (Wildman–Crippen MR) is 77.9 cm³/mol. The van der Waals surface area contributed by atoms with Crippen molar-refractivity contribution in [3.63, 3.8) is 0 Å². The number of rotatable bonds is 6. The first kappa shape index (κ1) is 15.2. The summed E-state index contributed by atoms with van der Waals surface area (Å²) in [5, 5.41) is 16.0. The molecule has 7 heteroatoms. The van der Waals surface area contributed by atoms with E-state index in [9.17, 15) is 9.59 Å². The Balaban J connectivity index is 1.97. The molecule has 0 aliphatic heterocycles. The zero-order chi connectivity index (χ0) is 15.4. The molecule has 0 spiro atoms. The van der Waals surface area contributed by atoms with Gasteiger partial charge in [0.25, 0.3) is 0 Å². The van der Waals surface area contributed by atoms with Crippen LogP contribution in [0.4, 0.5) is 0 Å². The molecular formula is C14H20N4O3. The molecule has 2 unspecified atom stereocenters. The number of hydrogen-bond acceptors (Lipinski definition) is 4. The lowest BCUT2D eigenvalue weighted by Crippen LogP contribution is -2.39. The third kappa shape index (κ3) is 3.49. The molecule has 2 heterocycles. The molecule has 0 saturated heterocycles. The maximum atomic E-state index is 12.0. The van der Waals surface area contributed by atoms with Gasteiger partial charge in [0, 0.05) is 25.3 Å². The molecule has 2 aromatic heterocycles. The van der Waals surface area contributed by atoms with Gasteiger partial charge in [-0.05, 0) is 25.0 Å². The Morgan fingerprint density at radius 3 is 2.86 bits per heavy atom. The summed E-state index contributed by atoms with van der Waals surface area (Å²) in [6, 6.07) is 5.19. The molecule has 0 saturated carbocycles. The van der Waals surface area contributed by atoms with E-state index >= 15 is 0 Å². The van der Waals surface area contributed by atoms with Crippen LogP contribution in [0.3, 0.4) is 0 Å². The smallest absolute Gasteiger partial charge is 0.350 e. The quantitative estimate of drug-likeness (QED) is 0.785. The first-order valence-corrected chi connectivity index (χ1v) is 6.97. The highest BCUT2D eigenvalue weighted by molar-refractivity contribution is 5.76. The summed E-state index contributed by atoms with van der Waals surface area (Å²) in [5.41, 5.74) is 0.306. The molecule has 0 aliphatic carbocycles. The summed E-state index contributed by atoms with van der Waals surface area (Å²) in [4.78, 5) is 23.8. The van der Waals surface area contributed by atoms with E-state index in [1.54, 1.807) is 24.4 Å². The van der Waals surface area contributed by atoms with E-state index in [0.29, 0.717) is 5.65 Å². The average molecular weight is 292 g/mol. The molecule has 0 radical (unpaired) electrons. The second kappa shape index (κ2) is 6.53. The van der Waals surface area contributed by atoms with Gasteiger partial charge in [0.05, 0.1) is 6.54 Å². The third-order valence-corrected chi connectivity index (χ3v) is 3.57. The predicted octanol–water partition coefficient (Wildman–Crippen LogP) is 0.0192. The van der Waals surface area contributed by atoms with Gasteiger partial charge in [0.2, 0.25) is 5.91 Å². The number of nitrogens with zero attached hydrogens (tertiary/aromatic N) is 3. The zero-order valence-corrected chi connectivity index (χ0v) is 12.2. The Hall–Kier alpha value is -2.15.